The first kappa shape index (κ1) is 24.5. The van der Waals surface area contributed by atoms with E-state index in [-0.39, 0.29) is 17.7 Å². The molecule has 1 unspecified atom stereocenters. The van der Waals surface area contributed by atoms with Gasteiger partial charge in [-0.25, -0.2) is 9.18 Å². The topological polar surface area (TPSA) is 59.6 Å². The van der Waals surface area contributed by atoms with E-state index in [2.05, 4.69) is 10.6 Å². The van der Waals surface area contributed by atoms with Crippen LogP contribution < -0.4 is 10.6 Å². The number of alkyl carbamates (subject to hydrolysis) is 1. The first-order chi connectivity index (χ1) is 16.1. The molecule has 2 aliphatic rings. The molecular formula is C25H28F4N2O3. The van der Waals surface area contributed by atoms with Gasteiger partial charge in [0.05, 0.1) is 36.0 Å². The SMILES string of the molecule is CC(OC[C@@]1(c2ccccc2)CC[C@@]2(CCOC(=O)N2)CN1)c1cc(CF)cc(C(F)(F)F)c1. The summed E-state index contributed by atoms with van der Waals surface area (Å²) in [6.07, 6.45) is -3.67. The molecule has 2 heterocycles. The molecule has 0 aliphatic carbocycles. The number of nitrogens with one attached hydrogen (secondary N) is 2. The molecule has 1 amide bonds. The Morgan fingerprint density at radius 3 is 2.50 bits per heavy atom. The average Bonchev–Trinajstić information content (AvgIpc) is 2.83. The fraction of sp³-hybridized carbons (Fsp3) is 0.480. The average molecular weight is 481 g/mol. The van der Waals surface area contributed by atoms with Crippen molar-refractivity contribution < 1.29 is 31.8 Å². The lowest BCUT2D eigenvalue weighted by molar-refractivity contribution is -0.137. The zero-order valence-electron chi connectivity index (χ0n) is 18.9. The van der Waals surface area contributed by atoms with Crippen LogP contribution in [-0.2, 0) is 27.9 Å². The molecule has 5 nitrogen and oxygen atoms in total. The molecule has 1 spiro atoms. The molecule has 2 saturated heterocycles. The molecule has 2 N–H and O–H groups in total. The lowest BCUT2D eigenvalue weighted by atomic mass is 9.75. The zero-order valence-corrected chi connectivity index (χ0v) is 18.9. The number of carbonyl (C=O) groups excluding carboxylic acids is 1. The van der Waals surface area contributed by atoms with E-state index in [1.807, 2.05) is 30.3 Å². The van der Waals surface area contributed by atoms with E-state index in [9.17, 15) is 22.4 Å². The van der Waals surface area contributed by atoms with Crippen molar-refractivity contribution in [2.75, 3.05) is 19.8 Å². The van der Waals surface area contributed by atoms with Crippen LogP contribution in [0.1, 0.15) is 54.5 Å². The van der Waals surface area contributed by atoms with Gasteiger partial charge in [0.2, 0.25) is 0 Å². The van der Waals surface area contributed by atoms with Crippen LogP contribution in [0.4, 0.5) is 22.4 Å². The number of ether oxygens (including phenoxy) is 2. The number of hydrogen-bond acceptors (Lipinski definition) is 4. The van der Waals surface area contributed by atoms with Crippen molar-refractivity contribution in [1.29, 1.82) is 0 Å². The normalized spacial score (nSPS) is 26.1. The Morgan fingerprint density at radius 2 is 1.88 bits per heavy atom. The third kappa shape index (κ3) is 5.20. The minimum Gasteiger partial charge on any atom is -0.449 e. The minimum atomic E-state index is -4.57. The van der Waals surface area contributed by atoms with Gasteiger partial charge in [0.15, 0.2) is 0 Å². The predicted octanol–water partition coefficient (Wildman–Crippen LogP) is 5.40. The summed E-state index contributed by atoms with van der Waals surface area (Å²) >= 11 is 0. The Morgan fingerprint density at radius 1 is 1.12 bits per heavy atom. The molecular weight excluding hydrogens is 452 g/mol. The summed E-state index contributed by atoms with van der Waals surface area (Å²) in [6, 6.07) is 13.0. The van der Waals surface area contributed by atoms with Gasteiger partial charge in [0.1, 0.15) is 6.67 Å². The Kier molecular flexibility index (Phi) is 6.87. The molecule has 0 radical (unpaired) electrons. The number of benzene rings is 2. The maximum absolute atomic E-state index is 13.3. The van der Waals surface area contributed by atoms with Crippen molar-refractivity contribution in [1.82, 2.24) is 10.6 Å². The highest BCUT2D eigenvalue weighted by molar-refractivity contribution is 5.69. The molecule has 3 atom stereocenters. The molecule has 0 bridgehead atoms. The predicted molar refractivity (Wildman–Crippen MR) is 118 cm³/mol. The van der Waals surface area contributed by atoms with Gasteiger partial charge in [0.25, 0.3) is 0 Å². The second kappa shape index (κ2) is 9.54. The van der Waals surface area contributed by atoms with Crippen LogP contribution in [0, 0.1) is 0 Å². The van der Waals surface area contributed by atoms with Gasteiger partial charge in [-0.2, -0.15) is 13.2 Å². The standard InChI is InChI=1S/C25H28F4N2O3/c1-17(19-11-18(14-26)12-21(13-19)25(27,28)29)34-16-24(20-5-3-2-4-6-20)8-7-23(15-30-24)9-10-33-22(32)31-23/h2-6,11-13,17,30H,7-10,14-16H2,1H3,(H,31,32)/t17?,23-,24-/m1/s1. The summed E-state index contributed by atoms with van der Waals surface area (Å²) in [5.74, 6) is 0. The molecule has 0 saturated carbocycles. The number of rotatable bonds is 6. The summed E-state index contributed by atoms with van der Waals surface area (Å²) in [4.78, 5) is 11.8. The molecule has 34 heavy (non-hydrogen) atoms. The van der Waals surface area contributed by atoms with Gasteiger partial charge >= 0.3 is 12.3 Å². The van der Waals surface area contributed by atoms with Gasteiger partial charge in [-0.3, -0.25) is 0 Å². The van der Waals surface area contributed by atoms with Crippen molar-refractivity contribution in [3.63, 3.8) is 0 Å². The lowest BCUT2D eigenvalue weighted by Gasteiger charge is -2.49. The Labute approximate surface area is 195 Å². The van der Waals surface area contributed by atoms with E-state index >= 15 is 0 Å². The number of carbonyl (C=O) groups is 1. The highest BCUT2D eigenvalue weighted by atomic mass is 19.4. The number of alkyl halides is 4. The van der Waals surface area contributed by atoms with E-state index in [0.29, 0.717) is 32.4 Å². The first-order valence-electron chi connectivity index (χ1n) is 11.3. The van der Waals surface area contributed by atoms with Gasteiger partial charge < -0.3 is 20.1 Å². The van der Waals surface area contributed by atoms with Crippen LogP contribution in [0.25, 0.3) is 0 Å². The first-order valence-corrected chi connectivity index (χ1v) is 11.3. The van der Waals surface area contributed by atoms with Crippen molar-refractivity contribution in [2.45, 2.75) is 56.2 Å². The van der Waals surface area contributed by atoms with E-state index in [0.717, 1.165) is 17.7 Å². The van der Waals surface area contributed by atoms with Crippen LogP contribution in [-0.4, -0.2) is 31.4 Å². The van der Waals surface area contributed by atoms with Crippen molar-refractivity contribution in [3.8, 4) is 0 Å². The smallest absolute Gasteiger partial charge is 0.416 e. The van der Waals surface area contributed by atoms with Crippen LogP contribution in [0.5, 0.6) is 0 Å². The maximum Gasteiger partial charge on any atom is 0.416 e. The van der Waals surface area contributed by atoms with Gasteiger partial charge in [0, 0.05) is 13.0 Å². The highest BCUT2D eigenvalue weighted by Crippen LogP contribution is 2.38. The van der Waals surface area contributed by atoms with E-state index in [4.69, 9.17) is 9.47 Å². The van der Waals surface area contributed by atoms with Crippen LogP contribution in [0.15, 0.2) is 48.5 Å². The fourth-order valence-electron chi connectivity index (χ4n) is 4.71. The van der Waals surface area contributed by atoms with Crippen LogP contribution >= 0.6 is 0 Å². The van der Waals surface area contributed by atoms with Gasteiger partial charge in [-0.05, 0) is 48.6 Å². The van der Waals surface area contributed by atoms with Crippen LogP contribution in [0.3, 0.4) is 0 Å². The largest absolute Gasteiger partial charge is 0.449 e. The maximum atomic E-state index is 13.3. The molecule has 2 aromatic rings. The summed E-state index contributed by atoms with van der Waals surface area (Å²) in [5.41, 5.74) is -0.659. The number of piperidine rings is 1. The molecule has 0 aromatic heterocycles. The number of cyclic esters (lactones) is 1. The Hall–Kier alpha value is -2.65. The molecule has 2 aromatic carbocycles. The highest BCUT2D eigenvalue weighted by Gasteiger charge is 2.46. The van der Waals surface area contributed by atoms with Crippen molar-refractivity contribution in [2.24, 2.45) is 0 Å². The number of hydrogen-bond donors (Lipinski definition) is 2. The second-order valence-corrected chi connectivity index (χ2v) is 9.14. The van der Waals surface area contributed by atoms with Crippen molar-refractivity contribution >= 4 is 6.09 Å². The second-order valence-electron chi connectivity index (χ2n) is 9.14. The van der Waals surface area contributed by atoms with E-state index in [1.54, 1.807) is 6.92 Å². The molecule has 2 fully saturated rings. The molecule has 184 valence electrons. The quantitative estimate of drug-likeness (QED) is 0.544. The van der Waals surface area contributed by atoms with Gasteiger partial charge in [-0.1, -0.05) is 36.4 Å². The molecule has 2 aliphatic heterocycles. The van der Waals surface area contributed by atoms with Crippen molar-refractivity contribution in [3.05, 3.63) is 70.8 Å². The Balaban J connectivity index is 1.54. The summed E-state index contributed by atoms with van der Waals surface area (Å²) in [7, 11) is 0. The number of amides is 1. The minimum absolute atomic E-state index is 0.0361. The third-order valence-electron chi connectivity index (χ3n) is 6.85. The summed E-state index contributed by atoms with van der Waals surface area (Å²) < 4.78 is 64.3. The van der Waals surface area contributed by atoms with Crippen LogP contribution in [0.2, 0.25) is 0 Å². The van der Waals surface area contributed by atoms with E-state index < -0.39 is 41.7 Å². The Bertz CT molecular complexity index is 1000. The number of halogens is 4. The monoisotopic (exact) mass is 480 g/mol. The zero-order chi connectivity index (χ0) is 24.4. The molecule has 9 heteroatoms. The lowest BCUT2D eigenvalue weighted by Crippen LogP contribution is -2.66. The summed E-state index contributed by atoms with van der Waals surface area (Å²) in [5, 5.41) is 6.50. The van der Waals surface area contributed by atoms with Gasteiger partial charge in [-0.15, -0.1) is 0 Å². The third-order valence-corrected chi connectivity index (χ3v) is 6.85. The summed E-state index contributed by atoms with van der Waals surface area (Å²) in [6.45, 7) is 1.73. The van der Waals surface area contributed by atoms with E-state index in [1.165, 1.54) is 6.07 Å². The fourth-order valence-corrected chi connectivity index (χ4v) is 4.71. The molecule has 4 rings (SSSR count).